The minimum Gasteiger partial charge on any atom is -0.338 e. The highest BCUT2D eigenvalue weighted by atomic mass is 16.2. The van der Waals surface area contributed by atoms with Gasteiger partial charge in [-0.15, -0.1) is 0 Å². The Bertz CT molecular complexity index is 997. The Balaban J connectivity index is 1.64. The van der Waals surface area contributed by atoms with Crippen LogP contribution in [0, 0.1) is 12.5 Å². The number of carbonyl (C=O) groups excluding carboxylic acids is 1. The van der Waals surface area contributed by atoms with Crippen molar-refractivity contribution >= 4 is 22.6 Å². The first-order chi connectivity index (χ1) is 12.7. The van der Waals surface area contributed by atoms with Crippen LogP contribution in [0.1, 0.15) is 30.1 Å². The molecule has 0 N–H and O–H groups in total. The molecular weight excluding hydrogens is 324 g/mol. The predicted molar refractivity (Wildman–Crippen MR) is 102 cm³/mol. The summed E-state index contributed by atoms with van der Waals surface area (Å²) in [5, 5.41) is 0.940. The lowest BCUT2D eigenvalue weighted by Crippen LogP contribution is -2.39. The number of aromatic nitrogens is 2. The number of pyridine rings is 1. The van der Waals surface area contributed by atoms with Crippen LogP contribution >= 0.6 is 0 Å². The van der Waals surface area contributed by atoms with Gasteiger partial charge in [-0.2, -0.15) is 0 Å². The van der Waals surface area contributed by atoms with Crippen LogP contribution in [0.25, 0.3) is 21.6 Å². The zero-order chi connectivity index (χ0) is 18.1. The summed E-state index contributed by atoms with van der Waals surface area (Å²) in [4.78, 5) is 22.7. The minimum absolute atomic E-state index is 0.0695. The smallest absolute Gasteiger partial charge is 0.255 e. The summed E-state index contributed by atoms with van der Waals surface area (Å²) in [5.41, 5.74) is 3.02. The van der Waals surface area contributed by atoms with Gasteiger partial charge in [-0.3, -0.25) is 4.79 Å². The molecule has 26 heavy (non-hydrogen) atoms. The van der Waals surface area contributed by atoms with Crippen LogP contribution in [0.5, 0.6) is 0 Å². The average molecular weight is 344 g/mol. The molecule has 1 amide bonds. The number of nitrogens with zero attached hydrogens (tertiary/aromatic N) is 4. The molecule has 1 fully saturated rings. The lowest BCUT2D eigenvalue weighted by atomic mass is 9.99. The zero-order valence-corrected chi connectivity index (χ0v) is 14.7. The molecule has 130 valence electrons. The minimum atomic E-state index is 0.0695. The topological polar surface area (TPSA) is 42.5 Å². The van der Waals surface area contributed by atoms with Crippen molar-refractivity contribution in [2.45, 2.75) is 19.8 Å². The molecule has 5 heteroatoms. The highest BCUT2D eigenvalue weighted by Crippen LogP contribution is 2.23. The van der Waals surface area contributed by atoms with E-state index >= 15 is 0 Å². The number of likely N-dealkylation sites (tertiary alicyclic amines) is 1. The van der Waals surface area contributed by atoms with Crippen LogP contribution in [0.2, 0.25) is 0 Å². The molecule has 2 aromatic heterocycles. The Kier molecular flexibility index (Phi) is 4.18. The maximum atomic E-state index is 12.8. The van der Waals surface area contributed by atoms with Crippen molar-refractivity contribution in [3.05, 3.63) is 65.8 Å². The highest BCUT2D eigenvalue weighted by molar-refractivity contribution is 5.97. The third-order valence-corrected chi connectivity index (χ3v) is 4.97. The molecule has 1 aliphatic rings. The first kappa shape index (κ1) is 16.3. The van der Waals surface area contributed by atoms with Gasteiger partial charge in [0.2, 0.25) is 0 Å². The summed E-state index contributed by atoms with van der Waals surface area (Å²) in [6.07, 6.45) is 5.88. The van der Waals surface area contributed by atoms with Crippen LogP contribution in [-0.2, 0) is 0 Å². The standard InChI is InChI=1S/C21H20N4O/c1-15-4-3-10-24(14-15)21(26)17-12-16-9-11-25(20(16)23-13-17)19-7-5-18(22-2)6-8-19/h5-9,11-13,15H,3-4,10,14H2,1H3/t15-/m1/s1. The van der Waals surface area contributed by atoms with E-state index in [1.807, 2.05) is 39.9 Å². The van der Waals surface area contributed by atoms with Crippen molar-refractivity contribution in [3.63, 3.8) is 0 Å². The number of hydrogen-bond acceptors (Lipinski definition) is 2. The molecule has 5 nitrogen and oxygen atoms in total. The fraction of sp³-hybridized carbons (Fsp3) is 0.286. The molecule has 1 aliphatic heterocycles. The van der Waals surface area contributed by atoms with Crippen LogP contribution in [0.15, 0.2) is 48.8 Å². The largest absolute Gasteiger partial charge is 0.338 e. The molecule has 1 saturated heterocycles. The Morgan fingerprint density at radius 1 is 1.27 bits per heavy atom. The summed E-state index contributed by atoms with van der Waals surface area (Å²) in [6.45, 7) is 10.9. The van der Waals surface area contributed by atoms with Gasteiger partial charge in [-0.1, -0.05) is 19.1 Å². The normalized spacial score (nSPS) is 17.2. The number of fused-ring (bicyclic) bond motifs is 1. The van der Waals surface area contributed by atoms with E-state index in [4.69, 9.17) is 6.57 Å². The molecule has 1 atom stereocenters. The second kappa shape index (κ2) is 6.64. The van der Waals surface area contributed by atoms with Crippen molar-refractivity contribution in [2.75, 3.05) is 13.1 Å². The average Bonchev–Trinajstić information content (AvgIpc) is 3.10. The molecule has 4 rings (SSSR count). The fourth-order valence-corrected chi connectivity index (χ4v) is 3.59. The third kappa shape index (κ3) is 2.95. The van der Waals surface area contributed by atoms with Crippen molar-refractivity contribution in [3.8, 4) is 5.69 Å². The van der Waals surface area contributed by atoms with Gasteiger partial charge in [0.05, 0.1) is 12.1 Å². The maximum Gasteiger partial charge on any atom is 0.255 e. The van der Waals surface area contributed by atoms with Crippen molar-refractivity contribution in [1.29, 1.82) is 0 Å². The van der Waals surface area contributed by atoms with E-state index in [1.165, 1.54) is 6.42 Å². The molecule has 0 unspecified atom stereocenters. The van der Waals surface area contributed by atoms with Gasteiger partial charge in [0.1, 0.15) is 5.65 Å². The molecule has 0 spiro atoms. The van der Waals surface area contributed by atoms with E-state index in [-0.39, 0.29) is 5.91 Å². The van der Waals surface area contributed by atoms with Gasteiger partial charge in [-0.25, -0.2) is 9.83 Å². The van der Waals surface area contributed by atoms with Crippen molar-refractivity contribution in [1.82, 2.24) is 14.5 Å². The van der Waals surface area contributed by atoms with Crippen molar-refractivity contribution < 1.29 is 4.79 Å². The van der Waals surface area contributed by atoms with Gasteiger partial charge in [-0.05, 0) is 43.0 Å². The zero-order valence-electron chi connectivity index (χ0n) is 14.7. The van der Waals surface area contributed by atoms with E-state index in [1.54, 1.807) is 18.3 Å². The number of amides is 1. The first-order valence-electron chi connectivity index (χ1n) is 8.90. The van der Waals surface area contributed by atoms with Crippen LogP contribution in [0.4, 0.5) is 5.69 Å². The van der Waals surface area contributed by atoms with E-state index in [0.29, 0.717) is 17.2 Å². The molecule has 0 aliphatic carbocycles. The Morgan fingerprint density at radius 3 is 2.81 bits per heavy atom. The fourth-order valence-electron chi connectivity index (χ4n) is 3.59. The molecule has 0 radical (unpaired) electrons. The Hall–Kier alpha value is -3.13. The monoisotopic (exact) mass is 344 g/mol. The highest BCUT2D eigenvalue weighted by Gasteiger charge is 2.22. The molecule has 3 heterocycles. The lowest BCUT2D eigenvalue weighted by molar-refractivity contribution is 0.0683. The van der Waals surface area contributed by atoms with Crippen LogP contribution in [0.3, 0.4) is 0 Å². The molecule has 1 aromatic carbocycles. The number of carbonyl (C=O) groups is 1. The molecule has 3 aromatic rings. The van der Waals surface area contributed by atoms with Crippen LogP contribution < -0.4 is 0 Å². The Labute approximate surface area is 152 Å². The summed E-state index contributed by atoms with van der Waals surface area (Å²) in [7, 11) is 0. The van der Waals surface area contributed by atoms with E-state index in [9.17, 15) is 4.79 Å². The van der Waals surface area contributed by atoms with Gasteiger partial charge in [0, 0.05) is 36.6 Å². The number of piperidine rings is 1. The third-order valence-electron chi connectivity index (χ3n) is 4.97. The van der Waals surface area contributed by atoms with E-state index in [0.717, 1.165) is 36.2 Å². The van der Waals surface area contributed by atoms with Gasteiger partial charge in [0.25, 0.3) is 5.91 Å². The second-order valence-electron chi connectivity index (χ2n) is 6.95. The maximum absolute atomic E-state index is 12.8. The molecule has 0 saturated carbocycles. The molecular formula is C21H20N4O. The number of rotatable bonds is 2. The number of hydrogen-bond donors (Lipinski definition) is 0. The van der Waals surface area contributed by atoms with Crippen molar-refractivity contribution in [2.24, 2.45) is 5.92 Å². The number of benzene rings is 1. The van der Waals surface area contributed by atoms with Crippen LogP contribution in [-0.4, -0.2) is 33.4 Å². The summed E-state index contributed by atoms with van der Waals surface area (Å²) < 4.78 is 1.97. The van der Waals surface area contributed by atoms with Gasteiger partial charge >= 0.3 is 0 Å². The van der Waals surface area contributed by atoms with E-state index in [2.05, 4.69) is 16.8 Å². The SMILES string of the molecule is [C-]#[N+]c1ccc(-n2ccc3cc(C(=O)N4CCC[C@@H](C)C4)cnc32)cc1. The summed E-state index contributed by atoms with van der Waals surface area (Å²) in [6, 6.07) is 11.3. The predicted octanol–water partition coefficient (Wildman–Crippen LogP) is 4.45. The quantitative estimate of drug-likeness (QED) is 0.645. The van der Waals surface area contributed by atoms with Gasteiger partial charge in [0.15, 0.2) is 5.69 Å². The lowest BCUT2D eigenvalue weighted by Gasteiger charge is -2.30. The summed E-state index contributed by atoms with van der Waals surface area (Å²) >= 11 is 0. The van der Waals surface area contributed by atoms with E-state index < -0.39 is 0 Å². The Morgan fingerprint density at radius 2 is 2.08 bits per heavy atom. The second-order valence-corrected chi connectivity index (χ2v) is 6.95. The first-order valence-corrected chi connectivity index (χ1v) is 8.90. The molecule has 0 bridgehead atoms. The van der Waals surface area contributed by atoms with Gasteiger partial charge < -0.3 is 9.47 Å². The summed E-state index contributed by atoms with van der Waals surface area (Å²) in [5.74, 6) is 0.629.